The number of rotatable bonds is 75. The number of phosphoric ester groups is 2. The van der Waals surface area contributed by atoms with E-state index >= 15 is 0 Å². The second-order valence-corrected chi connectivity index (χ2v) is 29.6. The lowest BCUT2D eigenvalue weighted by Crippen LogP contribution is -2.30. The van der Waals surface area contributed by atoms with Gasteiger partial charge in [-0.05, 0) is 83.5 Å². The Morgan fingerprint density at radius 3 is 0.812 bits per heavy atom. The normalized spacial score (nSPS) is 14.1. The molecule has 0 spiro atoms. The molecule has 0 bridgehead atoms. The lowest BCUT2D eigenvalue weighted by molar-refractivity contribution is -0.161. The van der Waals surface area contributed by atoms with Crippen molar-refractivity contribution in [2.75, 3.05) is 39.6 Å². The zero-order valence-electron chi connectivity index (χ0n) is 61.6. The predicted octanol–water partition coefficient (Wildman–Crippen LogP) is 22.3. The van der Waals surface area contributed by atoms with Gasteiger partial charge in [0.2, 0.25) is 0 Å². The van der Waals surface area contributed by atoms with Crippen LogP contribution in [0.1, 0.15) is 374 Å². The van der Waals surface area contributed by atoms with Gasteiger partial charge < -0.3 is 33.8 Å². The van der Waals surface area contributed by atoms with Crippen LogP contribution in [0.2, 0.25) is 0 Å². The number of aliphatic hydroxyl groups excluding tert-OH is 1. The van der Waals surface area contributed by atoms with Crippen molar-refractivity contribution in [3.05, 3.63) is 36.5 Å². The van der Waals surface area contributed by atoms with Crippen LogP contribution in [0.15, 0.2) is 36.5 Å². The van der Waals surface area contributed by atoms with Gasteiger partial charge in [-0.25, -0.2) is 9.13 Å². The summed E-state index contributed by atoms with van der Waals surface area (Å²) in [4.78, 5) is 72.8. The first-order valence-electron chi connectivity index (χ1n) is 39.2. The van der Waals surface area contributed by atoms with Crippen molar-refractivity contribution in [3.8, 4) is 0 Å². The molecule has 564 valence electrons. The SMILES string of the molecule is CCCCC/C=C\C/C=C\CCCCCCCC(=O)O[C@H](COC(=O)CCCCCCCCC/C=C\CCCCCC)COP(=O)(O)OC[C@@H](O)COP(=O)(O)OC[C@@H](COC(=O)CCCCCCCCCCCCCCC)OC(=O)CCCCCCCCCCCCCCC. The molecule has 0 aliphatic heterocycles. The Kier molecular flexibility index (Phi) is 68.7. The monoisotopic (exact) mass is 1400 g/mol. The summed E-state index contributed by atoms with van der Waals surface area (Å²) in [5, 5.41) is 10.6. The maximum absolute atomic E-state index is 13.1. The molecule has 0 rings (SSSR count). The van der Waals surface area contributed by atoms with Crippen LogP contribution >= 0.6 is 15.6 Å². The average Bonchev–Trinajstić information content (AvgIpc) is 1.43. The largest absolute Gasteiger partial charge is 0.472 e. The highest BCUT2D eigenvalue weighted by molar-refractivity contribution is 7.47. The second-order valence-electron chi connectivity index (χ2n) is 26.7. The van der Waals surface area contributed by atoms with E-state index < -0.39 is 97.5 Å². The van der Waals surface area contributed by atoms with Gasteiger partial charge in [-0.1, -0.05) is 302 Å². The fraction of sp³-hybridized carbons (Fsp3) is 0.870. The van der Waals surface area contributed by atoms with E-state index in [1.54, 1.807) is 0 Å². The highest BCUT2D eigenvalue weighted by Gasteiger charge is 2.30. The molecule has 0 aliphatic carbocycles. The van der Waals surface area contributed by atoms with Gasteiger partial charge in [-0.3, -0.25) is 37.3 Å². The van der Waals surface area contributed by atoms with E-state index in [0.29, 0.717) is 25.7 Å². The molecule has 19 heteroatoms. The van der Waals surface area contributed by atoms with Gasteiger partial charge in [0.15, 0.2) is 12.2 Å². The van der Waals surface area contributed by atoms with Crippen LogP contribution in [0.5, 0.6) is 0 Å². The molecule has 2 unspecified atom stereocenters. The Morgan fingerprint density at radius 2 is 0.510 bits per heavy atom. The van der Waals surface area contributed by atoms with Crippen molar-refractivity contribution >= 4 is 39.5 Å². The third-order valence-electron chi connectivity index (χ3n) is 17.1. The van der Waals surface area contributed by atoms with Crippen LogP contribution < -0.4 is 0 Å². The van der Waals surface area contributed by atoms with Gasteiger partial charge in [-0.15, -0.1) is 0 Å². The van der Waals surface area contributed by atoms with E-state index in [4.69, 9.17) is 37.0 Å². The van der Waals surface area contributed by atoms with Crippen LogP contribution in [-0.2, 0) is 65.4 Å². The number of ether oxygens (including phenoxy) is 4. The lowest BCUT2D eigenvalue weighted by atomic mass is 10.0. The summed E-state index contributed by atoms with van der Waals surface area (Å²) in [5.41, 5.74) is 0. The third kappa shape index (κ3) is 69.7. The molecule has 96 heavy (non-hydrogen) atoms. The highest BCUT2D eigenvalue weighted by atomic mass is 31.2. The fourth-order valence-electron chi connectivity index (χ4n) is 11.1. The van der Waals surface area contributed by atoms with Crippen molar-refractivity contribution in [1.82, 2.24) is 0 Å². The summed E-state index contributed by atoms with van der Waals surface area (Å²) in [7, 11) is -9.93. The summed E-state index contributed by atoms with van der Waals surface area (Å²) in [6, 6.07) is 0. The zero-order chi connectivity index (χ0) is 70.4. The topological polar surface area (TPSA) is 237 Å². The number of hydrogen-bond acceptors (Lipinski definition) is 15. The van der Waals surface area contributed by atoms with Crippen molar-refractivity contribution in [3.63, 3.8) is 0 Å². The number of esters is 4. The molecule has 0 aromatic carbocycles. The van der Waals surface area contributed by atoms with Crippen LogP contribution in [0, 0.1) is 0 Å². The molecular weight excluding hydrogens is 1260 g/mol. The van der Waals surface area contributed by atoms with Gasteiger partial charge in [0.25, 0.3) is 0 Å². The molecule has 0 saturated heterocycles. The molecule has 17 nitrogen and oxygen atoms in total. The quantitative estimate of drug-likeness (QED) is 0.0169. The minimum Gasteiger partial charge on any atom is -0.462 e. The zero-order valence-corrected chi connectivity index (χ0v) is 63.4. The molecule has 3 N–H and O–H groups in total. The van der Waals surface area contributed by atoms with Gasteiger partial charge in [-0.2, -0.15) is 0 Å². The number of allylic oxidation sites excluding steroid dienone is 6. The van der Waals surface area contributed by atoms with Crippen molar-refractivity contribution < 1.29 is 80.2 Å². The number of aliphatic hydroxyl groups is 1. The molecule has 0 amide bonds. The van der Waals surface area contributed by atoms with Gasteiger partial charge in [0.05, 0.1) is 26.4 Å². The average molecular weight is 1400 g/mol. The Balaban J connectivity index is 5.31. The van der Waals surface area contributed by atoms with Crippen LogP contribution in [0.4, 0.5) is 0 Å². The third-order valence-corrected chi connectivity index (χ3v) is 19.0. The van der Waals surface area contributed by atoms with Crippen LogP contribution in [-0.4, -0.2) is 96.7 Å². The molecular formula is C77H144O17P2. The number of carbonyl (C=O) groups excluding carboxylic acids is 4. The second kappa shape index (κ2) is 70.7. The van der Waals surface area contributed by atoms with Gasteiger partial charge in [0, 0.05) is 25.7 Å². The molecule has 0 radical (unpaired) electrons. The van der Waals surface area contributed by atoms with Gasteiger partial charge >= 0.3 is 39.5 Å². The molecule has 0 saturated carbocycles. The van der Waals surface area contributed by atoms with E-state index in [9.17, 15) is 43.2 Å². The van der Waals surface area contributed by atoms with Crippen molar-refractivity contribution in [1.29, 1.82) is 0 Å². The summed E-state index contributed by atoms with van der Waals surface area (Å²) in [6.07, 6.45) is 65.5. The number of phosphoric acid groups is 2. The van der Waals surface area contributed by atoms with Crippen molar-refractivity contribution in [2.24, 2.45) is 0 Å². The molecule has 0 fully saturated rings. The molecule has 5 atom stereocenters. The fourth-order valence-corrected chi connectivity index (χ4v) is 12.7. The maximum Gasteiger partial charge on any atom is 0.472 e. The van der Waals surface area contributed by atoms with Crippen LogP contribution in [0.3, 0.4) is 0 Å². The molecule has 0 aromatic rings. The van der Waals surface area contributed by atoms with Crippen molar-refractivity contribution in [2.45, 2.75) is 393 Å². The predicted molar refractivity (Wildman–Crippen MR) is 391 cm³/mol. The first kappa shape index (κ1) is 93.3. The summed E-state index contributed by atoms with van der Waals surface area (Å²) < 4.78 is 68.5. The molecule has 0 aromatic heterocycles. The number of carbonyl (C=O) groups is 4. The Labute approximate surface area is 585 Å². The van der Waals surface area contributed by atoms with E-state index in [-0.39, 0.29) is 25.7 Å². The smallest absolute Gasteiger partial charge is 0.462 e. The minimum absolute atomic E-state index is 0.0844. The lowest BCUT2D eigenvalue weighted by Gasteiger charge is -2.21. The Bertz CT molecular complexity index is 1970. The summed E-state index contributed by atoms with van der Waals surface area (Å²) in [6.45, 7) is 4.90. The molecule has 0 aliphatic rings. The first-order valence-corrected chi connectivity index (χ1v) is 42.2. The standard InChI is InChI=1S/C77H144O17P2/c1-5-9-13-17-21-25-29-33-35-39-42-46-50-54-58-62-75(80)88-68-73(94-77(82)64-60-56-52-48-44-40-36-34-30-26-22-18-14-10-6-2)70-92-96(85,86)90-66-71(78)65-89-95(83,84)91-69-72(93-76(81)63-59-55-51-47-43-38-32-28-24-20-16-12-8-4)67-87-74(79)61-57-53-49-45-41-37-31-27-23-19-15-11-7-3/h22,25-26,29,34,36,71-73,78H,5-21,23-24,27-28,30-33,35,37-70H2,1-4H3,(H,83,84)(H,85,86)/b26-22-,29-25-,36-34-/t71-,72+,73+/m0/s1. The summed E-state index contributed by atoms with van der Waals surface area (Å²) >= 11 is 0. The van der Waals surface area contributed by atoms with Gasteiger partial charge in [0.1, 0.15) is 19.3 Å². The van der Waals surface area contributed by atoms with E-state index in [1.807, 2.05) is 0 Å². The maximum atomic E-state index is 13.1. The highest BCUT2D eigenvalue weighted by Crippen LogP contribution is 2.45. The van der Waals surface area contributed by atoms with E-state index in [2.05, 4.69) is 64.2 Å². The van der Waals surface area contributed by atoms with E-state index in [0.717, 1.165) is 128 Å². The Morgan fingerprint density at radius 1 is 0.292 bits per heavy atom. The summed E-state index contributed by atoms with van der Waals surface area (Å²) in [5.74, 6) is -2.15. The first-order chi connectivity index (χ1) is 46.7. The number of hydrogen-bond donors (Lipinski definition) is 3. The van der Waals surface area contributed by atoms with E-state index in [1.165, 1.54) is 167 Å². The minimum atomic E-state index is -4.97. The van der Waals surface area contributed by atoms with Crippen LogP contribution in [0.25, 0.3) is 0 Å². The number of unbranched alkanes of at least 4 members (excludes halogenated alkanes) is 43. The molecule has 0 heterocycles. The Hall–Kier alpha value is -2.72.